The SMILES string of the molecule is COc1cc2c(C3C(=O)Nc4ccccc43)ncnc2cc1OCc1ccccc1. The second kappa shape index (κ2) is 7.48. The molecule has 2 heterocycles. The number of nitrogens with zero attached hydrogens (tertiary/aromatic N) is 2. The lowest BCUT2D eigenvalue weighted by Gasteiger charge is -2.15. The minimum absolute atomic E-state index is 0.0976. The Morgan fingerprint density at radius 2 is 1.77 bits per heavy atom. The Labute approximate surface area is 173 Å². The van der Waals surface area contributed by atoms with Gasteiger partial charge in [0, 0.05) is 17.1 Å². The van der Waals surface area contributed by atoms with E-state index in [1.165, 1.54) is 6.33 Å². The van der Waals surface area contributed by atoms with Crippen LogP contribution in [0.1, 0.15) is 22.7 Å². The van der Waals surface area contributed by atoms with Gasteiger partial charge in [0.15, 0.2) is 11.5 Å². The molecular formula is C24H19N3O3. The summed E-state index contributed by atoms with van der Waals surface area (Å²) in [5, 5.41) is 3.70. The molecule has 0 aliphatic carbocycles. The van der Waals surface area contributed by atoms with Gasteiger partial charge in [-0.1, -0.05) is 48.5 Å². The number of para-hydroxylation sites is 1. The van der Waals surface area contributed by atoms with Gasteiger partial charge in [-0.25, -0.2) is 9.97 Å². The van der Waals surface area contributed by atoms with Crippen LogP contribution in [0, 0.1) is 0 Å². The number of hydrogen-bond acceptors (Lipinski definition) is 5. The molecule has 1 atom stereocenters. The summed E-state index contributed by atoms with van der Waals surface area (Å²) in [4.78, 5) is 21.6. The van der Waals surface area contributed by atoms with Gasteiger partial charge < -0.3 is 14.8 Å². The second-order valence-electron chi connectivity index (χ2n) is 7.06. The van der Waals surface area contributed by atoms with Crippen LogP contribution in [-0.4, -0.2) is 23.0 Å². The van der Waals surface area contributed by atoms with Gasteiger partial charge >= 0.3 is 0 Å². The average molecular weight is 397 g/mol. The van der Waals surface area contributed by atoms with Crippen molar-refractivity contribution < 1.29 is 14.3 Å². The number of hydrogen-bond donors (Lipinski definition) is 1. The predicted octanol–water partition coefficient (Wildman–Crippen LogP) is 4.30. The Bertz CT molecular complexity index is 1240. The van der Waals surface area contributed by atoms with Crippen LogP contribution in [0.25, 0.3) is 10.9 Å². The van der Waals surface area contributed by atoms with Gasteiger partial charge in [-0.15, -0.1) is 0 Å². The van der Waals surface area contributed by atoms with Gasteiger partial charge in [0.1, 0.15) is 18.9 Å². The normalized spacial score (nSPS) is 15.0. The van der Waals surface area contributed by atoms with Gasteiger partial charge in [-0.05, 0) is 23.3 Å². The number of rotatable bonds is 5. The van der Waals surface area contributed by atoms with Crippen molar-refractivity contribution in [1.29, 1.82) is 0 Å². The van der Waals surface area contributed by atoms with Crippen molar-refractivity contribution in [2.75, 3.05) is 12.4 Å². The first-order valence-corrected chi connectivity index (χ1v) is 9.64. The summed E-state index contributed by atoms with van der Waals surface area (Å²) in [7, 11) is 1.59. The molecule has 1 amide bonds. The lowest BCUT2D eigenvalue weighted by Crippen LogP contribution is -2.15. The molecular weight excluding hydrogens is 378 g/mol. The molecule has 1 aliphatic heterocycles. The molecule has 3 aromatic carbocycles. The molecule has 5 rings (SSSR count). The van der Waals surface area contributed by atoms with E-state index in [0.29, 0.717) is 29.3 Å². The van der Waals surface area contributed by atoms with Gasteiger partial charge in [-0.2, -0.15) is 0 Å². The van der Waals surface area contributed by atoms with Gasteiger partial charge in [0.2, 0.25) is 5.91 Å². The van der Waals surface area contributed by atoms with E-state index in [1.54, 1.807) is 7.11 Å². The molecule has 1 N–H and O–H groups in total. The van der Waals surface area contributed by atoms with E-state index in [4.69, 9.17) is 9.47 Å². The fourth-order valence-corrected chi connectivity index (χ4v) is 3.80. The molecule has 6 nitrogen and oxygen atoms in total. The zero-order valence-corrected chi connectivity index (χ0v) is 16.3. The van der Waals surface area contributed by atoms with E-state index in [1.807, 2.05) is 66.7 Å². The van der Waals surface area contributed by atoms with Gasteiger partial charge in [-0.3, -0.25) is 4.79 Å². The number of anilines is 1. The van der Waals surface area contributed by atoms with Crippen LogP contribution < -0.4 is 14.8 Å². The number of methoxy groups -OCH3 is 1. The van der Waals surface area contributed by atoms with E-state index in [9.17, 15) is 4.79 Å². The fourth-order valence-electron chi connectivity index (χ4n) is 3.80. The lowest BCUT2D eigenvalue weighted by atomic mass is 9.94. The third kappa shape index (κ3) is 3.12. The summed E-state index contributed by atoms with van der Waals surface area (Å²) >= 11 is 0. The summed E-state index contributed by atoms with van der Waals surface area (Å²) in [6.45, 7) is 0.416. The maximum atomic E-state index is 12.7. The number of nitrogens with one attached hydrogen (secondary N) is 1. The van der Waals surface area contributed by atoms with Crippen molar-refractivity contribution >= 4 is 22.5 Å². The van der Waals surface area contributed by atoms with Crippen LogP contribution in [0.3, 0.4) is 0 Å². The highest BCUT2D eigenvalue weighted by atomic mass is 16.5. The third-order valence-corrected chi connectivity index (χ3v) is 5.25. The van der Waals surface area contributed by atoms with Crippen LogP contribution in [0.2, 0.25) is 0 Å². The Kier molecular flexibility index (Phi) is 4.52. The molecule has 0 spiro atoms. The van der Waals surface area contributed by atoms with E-state index in [2.05, 4.69) is 15.3 Å². The zero-order valence-electron chi connectivity index (χ0n) is 16.3. The van der Waals surface area contributed by atoms with Crippen LogP contribution in [0.15, 0.2) is 73.1 Å². The highest BCUT2D eigenvalue weighted by molar-refractivity contribution is 6.06. The number of fused-ring (bicyclic) bond motifs is 2. The average Bonchev–Trinajstić information content (AvgIpc) is 3.12. The third-order valence-electron chi connectivity index (χ3n) is 5.25. The Hall–Kier alpha value is -3.93. The molecule has 0 saturated heterocycles. The van der Waals surface area contributed by atoms with E-state index >= 15 is 0 Å². The van der Waals surface area contributed by atoms with Crippen molar-refractivity contribution in [1.82, 2.24) is 9.97 Å². The van der Waals surface area contributed by atoms with Crippen molar-refractivity contribution in [3.05, 3.63) is 89.9 Å². The van der Waals surface area contributed by atoms with Crippen molar-refractivity contribution in [2.24, 2.45) is 0 Å². The van der Waals surface area contributed by atoms with Crippen LogP contribution >= 0.6 is 0 Å². The quantitative estimate of drug-likeness (QED) is 0.544. The summed E-state index contributed by atoms with van der Waals surface area (Å²) in [5.74, 6) is 0.572. The molecule has 0 saturated carbocycles. The zero-order chi connectivity index (χ0) is 20.5. The minimum atomic E-state index is -0.493. The Balaban J connectivity index is 1.56. The molecule has 6 heteroatoms. The number of benzene rings is 3. The largest absolute Gasteiger partial charge is 0.493 e. The van der Waals surface area contributed by atoms with Crippen molar-refractivity contribution in [2.45, 2.75) is 12.5 Å². The lowest BCUT2D eigenvalue weighted by molar-refractivity contribution is -0.116. The standard InChI is InChI=1S/C24H19N3O3/c1-29-20-11-17-19(12-21(20)30-13-15-7-3-2-4-8-15)25-14-26-23(17)22-16-9-5-6-10-18(16)27-24(22)28/h2-12,14,22H,13H2,1H3,(H,27,28). The van der Waals surface area contributed by atoms with E-state index < -0.39 is 5.92 Å². The summed E-state index contributed by atoms with van der Waals surface area (Å²) in [6, 6.07) is 21.3. The maximum Gasteiger partial charge on any atom is 0.238 e. The van der Waals surface area contributed by atoms with Gasteiger partial charge in [0.25, 0.3) is 0 Å². The topological polar surface area (TPSA) is 73.3 Å². The number of amides is 1. The summed E-state index contributed by atoms with van der Waals surface area (Å²) in [6.07, 6.45) is 1.49. The van der Waals surface area contributed by atoms with Gasteiger partial charge in [0.05, 0.1) is 18.3 Å². The molecule has 30 heavy (non-hydrogen) atoms. The summed E-state index contributed by atoms with van der Waals surface area (Å²) in [5.41, 5.74) is 4.12. The molecule has 1 unspecified atom stereocenters. The Morgan fingerprint density at radius 3 is 2.60 bits per heavy atom. The minimum Gasteiger partial charge on any atom is -0.493 e. The number of ether oxygens (including phenoxy) is 2. The Morgan fingerprint density at radius 1 is 0.967 bits per heavy atom. The predicted molar refractivity (Wildman–Crippen MR) is 114 cm³/mol. The van der Waals surface area contributed by atoms with Crippen LogP contribution in [0.5, 0.6) is 11.5 Å². The number of carbonyl (C=O) groups is 1. The van der Waals surface area contributed by atoms with Crippen molar-refractivity contribution in [3.63, 3.8) is 0 Å². The van der Waals surface area contributed by atoms with Crippen LogP contribution in [0.4, 0.5) is 5.69 Å². The first-order valence-electron chi connectivity index (χ1n) is 9.64. The molecule has 0 bridgehead atoms. The number of aromatic nitrogens is 2. The molecule has 0 radical (unpaired) electrons. The highest BCUT2D eigenvalue weighted by Crippen LogP contribution is 2.40. The van der Waals surface area contributed by atoms with E-state index in [-0.39, 0.29) is 5.91 Å². The van der Waals surface area contributed by atoms with Crippen LogP contribution in [-0.2, 0) is 11.4 Å². The molecule has 4 aromatic rings. The van der Waals surface area contributed by atoms with E-state index in [0.717, 1.165) is 22.2 Å². The highest BCUT2D eigenvalue weighted by Gasteiger charge is 2.34. The smallest absolute Gasteiger partial charge is 0.238 e. The number of carbonyl (C=O) groups excluding carboxylic acids is 1. The second-order valence-corrected chi connectivity index (χ2v) is 7.06. The molecule has 0 fully saturated rings. The monoisotopic (exact) mass is 397 g/mol. The molecule has 148 valence electrons. The van der Waals surface area contributed by atoms with Crippen molar-refractivity contribution in [3.8, 4) is 11.5 Å². The summed E-state index contributed by atoms with van der Waals surface area (Å²) < 4.78 is 11.6. The maximum absolute atomic E-state index is 12.7. The fraction of sp³-hybridized carbons (Fsp3) is 0.125. The molecule has 1 aromatic heterocycles. The first-order chi connectivity index (χ1) is 14.7. The first kappa shape index (κ1) is 18.1. The molecule has 1 aliphatic rings.